The minimum atomic E-state index is -0.872. The minimum Gasteiger partial charge on any atom is -0.484 e. The second-order valence-corrected chi connectivity index (χ2v) is 5.54. The summed E-state index contributed by atoms with van der Waals surface area (Å²) in [6.07, 6.45) is 1.19. The Morgan fingerprint density at radius 1 is 1.30 bits per heavy atom. The van der Waals surface area contributed by atoms with E-state index in [4.69, 9.17) is 33.0 Å². The van der Waals surface area contributed by atoms with E-state index in [-0.39, 0.29) is 19.1 Å². The van der Waals surface area contributed by atoms with Crippen LogP contribution in [0.5, 0.6) is 5.75 Å². The van der Waals surface area contributed by atoms with Crippen LogP contribution in [0.15, 0.2) is 18.2 Å². The second-order valence-electron chi connectivity index (χ2n) is 4.73. The maximum atomic E-state index is 11.6. The second kappa shape index (κ2) is 5.89. The number of carbonyl (C=O) groups excluding carboxylic acids is 1. The number of benzene rings is 1. The normalized spacial score (nSPS) is 15.5. The minimum absolute atomic E-state index is 0.131. The first-order valence-corrected chi connectivity index (χ1v) is 6.76. The van der Waals surface area contributed by atoms with E-state index >= 15 is 0 Å². The van der Waals surface area contributed by atoms with Gasteiger partial charge in [0.2, 0.25) is 0 Å². The van der Waals surface area contributed by atoms with Crippen LogP contribution in [-0.2, 0) is 9.59 Å². The van der Waals surface area contributed by atoms with Crippen molar-refractivity contribution in [2.24, 2.45) is 5.41 Å². The molecule has 0 bridgehead atoms. The van der Waals surface area contributed by atoms with Gasteiger partial charge in [-0.3, -0.25) is 9.59 Å². The molecule has 2 rings (SSSR count). The fourth-order valence-corrected chi connectivity index (χ4v) is 1.94. The predicted molar refractivity (Wildman–Crippen MR) is 74.3 cm³/mol. The number of hydrogen-bond donors (Lipinski definition) is 2. The third kappa shape index (κ3) is 3.55. The maximum Gasteiger partial charge on any atom is 0.311 e. The molecule has 1 aromatic rings. The summed E-state index contributed by atoms with van der Waals surface area (Å²) in [6, 6.07) is 4.68. The zero-order chi connectivity index (χ0) is 14.8. The van der Waals surface area contributed by atoms with Crippen LogP contribution < -0.4 is 10.1 Å². The molecular formula is C13H13Cl2NO4. The van der Waals surface area contributed by atoms with Gasteiger partial charge in [0.15, 0.2) is 6.61 Å². The number of hydrogen-bond acceptors (Lipinski definition) is 3. The van der Waals surface area contributed by atoms with Gasteiger partial charge in [-0.25, -0.2) is 0 Å². The molecule has 0 aliphatic heterocycles. The number of carbonyl (C=O) groups is 2. The molecular weight excluding hydrogens is 305 g/mol. The van der Waals surface area contributed by atoms with Gasteiger partial charge in [0.25, 0.3) is 5.91 Å². The van der Waals surface area contributed by atoms with Crippen molar-refractivity contribution < 1.29 is 19.4 Å². The van der Waals surface area contributed by atoms with Crippen molar-refractivity contribution in [3.8, 4) is 5.75 Å². The predicted octanol–water partition coefficient (Wildman–Crippen LogP) is 2.35. The average molecular weight is 318 g/mol. The Morgan fingerprint density at radius 3 is 2.55 bits per heavy atom. The lowest BCUT2D eigenvalue weighted by Gasteiger charge is -2.12. The average Bonchev–Trinajstić information content (AvgIpc) is 3.19. The van der Waals surface area contributed by atoms with Crippen molar-refractivity contribution in [3.05, 3.63) is 28.2 Å². The van der Waals surface area contributed by atoms with Crippen molar-refractivity contribution in [1.82, 2.24) is 5.32 Å². The molecule has 1 aliphatic rings. The number of ether oxygens (including phenoxy) is 1. The number of halogens is 2. The Bertz CT molecular complexity index is 543. The molecule has 0 atom stereocenters. The Labute approximate surface area is 125 Å². The lowest BCUT2D eigenvalue weighted by Crippen LogP contribution is -2.36. The van der Waals surface area contributed by atoms with Crippen LogP contribution in [0.3, 0.4) is 0 Å². The van der Waals surface area contributed by atoms with Crippen LogP contribution in [0.2, 0.25) is 10.0 Å². The first-order chi connectivity index (χ1) is 9.43. The van der Waals surface area contributed by atoms with E-state index in [0.717, 1.165) is 0 Å². The largest absolute Gasteiger partial charge is 0.484 e. The fourth-order valence-electron chi connectivity index (χ4n) is 1.65. The number of nitrogens with one attached hydrogen (secondary N) is 1. The summed E-state index contributed by atoms with van der Waals surface area (Å²) in [4.78, 5) is 22.5. The zero-order valence-corrected chi connectivity index (χ0v) is 12.0. The standard InChI is InChI=1S/C13H13Cl2NO4/c14-9-2-1-8(5-10(9)15)20-6-11(17)16-7-13(3-4-13)12(18)19/h1-2,5H,3-4,6-7H2,(H,16,17)(H,18,19). The molecule has 0 aromatic heterocycles. The van der Waals surface area contributed by atoms with Crippen LogP contribution in [0.25, 0.3) is 0 Å². The summed E-state index contributed by atoms with van der Waals surface area (Å²) < 4.78 is 5.25. The van der Waals surface area contributed by atoms with Gasteiger partial charge in [-0.05, 0) is 25.0 Å². The van der Waals surface area contributed by atoms with Gasteiger partial charge >= 0.3 is 5.97 Å². The zero-order valence-electron chi connectivity index (χ0n) is 10.5. The van der Waals surface area contributed by atoms with Gasteiger partial charge in [-0.15, -0.1) is 0 Å². The third-order valence-electron chi connectivity index (χ3n) is 3.19. The Morgan fingerprint density at radius 2 is 2.00 bits per heavy atom. The van der Waals surface area contributed by atoms with E-state index in [2.05, 4.69) is 5.32 Å². The topological polar surface area (TPSA) is 75.6 Å². The van der Waals surface area contributed by atoms with E-state index in [1.54, 1.807) is 12.1 Å². The maximum absolute atomic E-state index is 11.6. The number of carboxylic acid groups (broad SMARTS) is 1. The van der Waals surface area contributed by atoms with Crippen LogP contribution in [0.4, 0.5) is 0 Å². The Hall–Kier alpha value is -1.46. The van der Waals surface area contributed by atoms with E-state index in [9.17, 15) is 9.59 Å². The number of rotatable bonds is 6. The third-order valence-corrected chi connectivity index (χ3v) is 3.93. The quantitative estimate of drug-likeness (QED) is 0.844. The Kier molecular flexibility index (Phi) is 4.40. The highest BCUT2D eigenvalue weighted by Gasteiger charge is 2.50. The molecule has 5 nitrogen and oxygen atoms in total. The lowest BCUT2D eigenvalue weighted by molar-refractivity contribution is -0.143. The van der Waals surface area contributed by atoms with E-state index in [1.807, 2.05) is 0 Å². The Balaban J connectivity index is 1.78. The highest BCUT2D eigenvalue weighted by molar-refractivity contribution is 6.42. The van der Waals surface area contributed by atoms with Crippen molar-refractivity contribution >= 4 is 35.1 Å². The number of aliphatic carboxylic acids is 1. The molecule has 20 heavy (non-hydrogen) atoms. The smallest absolute Gasteiger partial charge is 0.311 e. The van der Waals surface area contributed by atoms with Crippen molar-refractivity contribution in [2.45, 2.75) is 12.8 Å². The monoisotopic (exact) mass is 317 g/mol. The van der Waals surface area contributed by atoms with E-state index < -0.39 is 11.4 Å². The number of amides is 1. The molecule has 1 amide bonds. The number of carboxylic acids is 1. The summed E-state index contributed by atoms with van der Waals surface area (Å²) in [7, 11) is 0. The summed E-state index contributed by atoms with van der Waals surface area (Å²) >= 11 is 11.6. The van der Waals surface area contributed by atoms with E-state index in [1.165, 1.54) is 6.07 Å². The molecule has 7 heteroatoms. The summed E-state index contributed by atoms with van der Waals surface area (Å²) in [5.74, 6) is -0.819. The van der Waals surface area contributed by atoms with Gasteiger partial charge in [0, 0.05) is 12.6 Å². The summed E-state index contributed by atoms with van der Waals surface area (Å²) in [5.41, 5.74) is -0.779. The SMILES string of the molecule is O=C(COc1ccc(Cl)c(Cl)c1)NCC1(C(=O)O)CC1. The first-order valence-electron chi connectivity index (χ1n) is 6.01. The van der Waals surface area contributed by atoms with E-state index in [0.29, 0.717) is 28.6 Å². The van der Waals surface area contributed by atoms with Crippen molar-refractivity contribution in [3.63, 3.8) is 0 Å². The van der Waals surface area contributed by atoms with Gasteiger partial charge in [0.1, 0.15) is 5.75 Å². The highest BCUT2D eigenvalue weighted by atomic mass is 35.5. The lowest BCUT2D eigenvalue weighted by atomic mass is 10.1. The molecule has 1 saturated carbocycles. The highest BCUT2D eigenvalue weighted by Crippen LogP contribution is 2.45. The molecule has 0 heterocycles. The van der Waals surface area contributed by atoms with Gasteiger partial charge in [-0.2, -0.15) is 0 Å². The molecule has 1 fully saturated rings. The molecule has 0 spiro atoms. The van der Waals surface area contributed by atoms with Gasteiger partial charge < -0.3 is 15.2 Å². The van der Waals surface area contributed by atoms with Crippen LogP contribution >= 0.6 is 23.2 Å². The molecule has 0 saturated heterocycles. The van der Waals surface area contributed by atoms with Crippen molar-refractivity contribution in [2.75, 3.05) is 13.2 Å². The molecule has 108 valence electrons. The molecule has 0 unspecified atom stereocenters. The fraction of sp³-hybridized carbons (Fsp3) is 0.385. The van der Waals surface area contributed by atoms with Gasteiger partial charge in [0.05, 0.1) is 15.5 Å². The van der Waals surface area contributed by atoms with Crippen LogP contribution in [0, 0.1) is 5.41 Å². The first kappa shape index (κ1) is 14.9. The summed E-state index contributed by atoms with van der Waals surface area (Å²) in [5, 5.41) is 12.3. The summed E-state index contributed by atoms with van der Waals surface area (Å²) in [6.45, 7) is -0.0699. The molecule has 1 aromatic carbocycles. The van der Waals surface area contributed by atoms with Crippen LogP contribution in [-0.4, -0.2) is 30.1 Å². The molecule has 2 N–H and O–H groups in total. The molecule has 0 radical (unpaired) electrons. The van der Waals surface area contributed by atoms with Gasteiger partial charge in [-0.1, -0.05) is 23.2 Å². The van der Waals surface area contributed by atoms with Crippen LogP contribution in [0.1, 0.15) is 12.8 Å². The molecule has 1 aliphatic carbocycles. The van der Waals surface area contributed by atoms with Crippen molar-refractivity contribution in [1.29, 1.82) is 0 Å².